The Labute approximate surface area is 88.7 Å². The largest absolute Gasteiger partial charge is 0.375 e. The molecule has 0 heterocycles. The van der Waals surface area contributed by atoms with Crippen molar-refractivity contribution in [2.75, 3.05) is 19.0 Å². The summed E-state index contributed by atoms with van der Waals surface area (Å²) in [5.41, 5.74) is 6.66. The topological polar surface area (TPSA) is 29.3 Å². The highest BCUT2D eigenvalue weighted by atomic mass is 19.2. The monoisotopic (exact) mass is 214 g/mol. The van der Waals surface area contributed by atoms with Crippen molar-refractivity contribution < 1.29 is 8.78 Å². The summed E-state index contributed by atoms with van der Waals surface area (Å²) in [6.07, 6.45) is 0.532. The molecule has 0 aliphatic carbocycles. The predicted octanol–water partition coefficient (Wildman–Crippen LogP) is 1.92. The molecule has 2 N–H and O–H groups in total. The van der Waals surface area contributed by atoms with Gasteiger partial charge in [-0.2, -0.15) is 0 Å². The lowest BCUT2D eigenvalue weighted by molar-refractivity contribution is 0.506. The van der Waals surface area contributed by atoms with Gasteiger partial charge in [-0.25, -0.2) is 8.78 Å². The molecule has 1 aromatic carbocycles. The van der Waals surface area contributed by atoms with Crippen LogP contribution >= 0.6 is 0 Å². The van der Waals surface area contributed by atoms with Crippen LogP contribution in [0.5, 0.6) is 0 Å². The number of benzene rings is 1. The van der Waals surface area contributed by atoms with Crippen LogP contribution in [0.3, 0.4) is 0 Å². The van der Waals surface area contributed by atoms with Crippen molar-refractivity contribution in [2.24, 2.45) is 5.73 Å². The van der Waals surface area contributed by atoms with Gasteiger partial charge in [0.1, 0.15) is 0 Å². The minimum atomic E-state index is -0.827. The quantitative estimate of drug-likeness (QED) is 0.833. The van der Waals surface area contributed by atoms with Gasteiger partial charge in [-0.3, -0.25) is 0 Å². The Morgan fingerprint density at radius 1 is 1.33 bits per heavy atom. The molecular weight excluding hydrogens is 198 g/mol. The van der Waals surface area contributed by atoms with Gasteiger partial charge in [0, 0.05) is 20.1 Å². The molecule has 0 aliphatic rings. The number of nitrogens with zero attached hydrogens (tertiary/aromatic N) is 1. The van der Waals surface area contributed by atoms with Gasteiger partial charge in [-0.05, 0) is 25.0 Å². The number of anilines is 1. The van der Waals surface area contributed by atoms with E-state index in [2.05, 4.69) is 0 Å². The second-order valence-corrected chi connectivity index (χ2v) is 3.94. The minimum Gasteiger partial charge on any atom is -0.375 e. The van der Waals surface area contributed by atoms with E-state index in [1.165, 1.54) is 0 Å². The van der Waals surface area contributed by atoms with Crippen molar-refractivity contribution in [3.8, 4) is 0 Å². The van der Waals surface area contributed by atoms with Crippen molar-refractivity contribution >= 4 is 5.69 Å². The summed E-state index contributed by atoms with van der Waals surface area (Å²) in [4.78, 5) is 1.57. The summed E-state index contributed by atoms with van der Waals surface area (Å²) >= 11 is 0. The first kappa shape index (κ1) is 11.9. The van der Waals surface area contributed by atoms with E-state index in [0.717, 1.165) is 11.6 Å². The van der Waals surface area contributed by atoms with E-state index < -0.39 is 11.6 Å². The fourth-order valence-corrected chi connectivity index (χ4v) is 1.58. The third-order valence-corrected chi connectivity index (χ3v) is 2.14. The first-order valence-electron chi connectivity index (χ1n) is 4.83. The maximum Gasteiger partial charge on any atom is 0.182 e. The first-order valence-corrected chi connectivity index (χ1v) is 4.83. The van der Waals surface area contributed by atoms with Crippen LogP contribution in [0.2, 0.25) is 0 Å². The summed E-state index contributed by atoms with van der Waals surface area (Å²) in [5, 5.41) is 0. The van der Waals surface area contributed by atoms with Crippen LogP contribution in [-0.4, -0.2) is 20.1 Å². The molecule has 1 atom stereocenters. The van der Waals surface area contributed by atoms with Gasteiger partial charge in [0.2, 0.25) is 0 Å². The normalized spacial score (nSPS) is 12.7. The highest BCUT2D eigenvalue weighted by Crippen LogP contribution is 2.25. The maximum absolute atomic E-state index is 13.5. The Balaban J connectivity index is 3.21. The van der Waals surface area contributed by atoms with Gasteiger partial charge < -0.3 is 10.6 Å². The summed E-state index contributed by atoms with van der Waals surface area (Å²) in [5.74, 6) is -1.63. The number of hydrogen-bond acceptors (Lipinski definition) is 2. The molecule has 15 heavy (non-hydrogen) atoms. The van der Waals surface area contributed by atoms with Crippen LogP contribution < -0.4 is 10.6 Å². The lowest BCUT2D eigenvalue weighted by atomic mass is 10.0. The van der Waals surface area contributed by atoms with E-state index in [-0.39, 0.29) is 11.7 Å². The van der Waals surface area contributed by atoms with E-state index >= 15 is 0 Å². The number of halogens is 2. The molecule has 0 unspecified atom stereocenters. The Hall–Kier alpha value is -1.16. The van der Waals surface area contributed by atoms with Gasteiger partial charge in [0.25, 0.3) is 0 Å². The Morgan fingerprint density at radius 2 is 1.93 bits per heavy atom. The molecule has 0 saturated heterocycles. The van der Waals surface area contributed by atoms with Crippen LogP contribution in [0, 0.1) is 11.6 Å². The Morgan fingerprint density at radius 3 is 2.40 bits per heavy atom. The van der Waals surface area contributed by atoms with Crippen LogP contribution in [0.4, 0.5) is 14.5 Å². The average molecular weight is 214 g/mol. The lowest BCUT2D eigenvalue weighted by Crippen LogP contribution is -2.21. The van der Waals surface area contributed by atoms with Crippen molar-refractivity contribution in [3.63, 3.8) is 0 Å². The molecule has 0 radical (unpaired) electrons. The predicted molar refractivity (Wildman–Crippen MR) is 58.0 cm³/mol. The summed E-state index contributed by atoms with van der Waals surface area (Å²) in [6.45, 7) is 1.83. The van der Waals surface area contributed by atoms with Crippen molar-refractivity contribution in [1.82, 2.24) is 0 Å². The van der Waals surface area contributed by atoms with E-state index in [1.807, 2.05) is 6.92 Å². The zero-order valence-corrected chi connectivity index (χ0v) is 9.22. The van der Waals surface area contributed by atoms with Crippen molar-refractivity contribution in [3.05, 3.63) is 29.3 Å². The fourth-order valence-electron chi connectivity index (χ4n) is 1.58. The Kier molecular flexibility index (Phi) is 3.63. The second-order valence-electron chi connectivity index (χ2n) is 3.94. The minimum absolute atomic E-state index is 0.0754. The van der Waals surface area contributed by atoms with Crippen molar-refractivity contribution in [2.45, 2.75) is 19.4 Å². The van der Waals surface area contributed by atoms with Crippen LogP contribution in [0.1, 0.15) is 12.5 Å². The first-order chi connectivity index (χ1) is 6.93. The SMILES string of the molecule is C[C@@H](N)Cc1ccc(F)c(F)c1N(C)C. The zero-order valence-electron chi connectivity index (χ0n) is 9.22. The second kappa shape index (κ2) is 4.57. The molecular formula is C11H16F2N2. The Bertz CT molecular complexity index is 349. The molecule has 0 spiro atoms. The summed E-state index contributed by atoms with van der Waals surface area (Å²) in [6, 6.07) is 2.64. The number of nitrogens with two attached hydrogens (primary N) is 1. The zero-order chi connectivity index (χ0) is 11.6. The lowest BCUT2D eigenvalue weighted by Gasteiger charge is -2.19. The van der Waals surface area contributed by atoms with Gasteiger partial charge in [0.05, 0.1) is 5.69 Å². The molecule has 0 fully saturated rings. The smallest absolute Gasteiger partial charge is 0.182 e. The molecule has 0 saturated carbocycles. The van der Waals surface area contributed by atoms with Crippen LogP contribution in [-0.2, 0) is 6.42 Å². The third-order valence-electron chi connectivity index (χ3n) is 2.14. The van der Waals surface area contributed by atoms with Gasteiger partial charge in [-0.1, -0.05) is 6.07 Å². The van der Waals surface area contributed by atoms with Gasteiger partial charge >= 0.3 is 0 Å². The van der Waals surface area contributed by atoms with E-state index in [0.29, 0.717) is 6.42 Å². The molecule has 0 aromatic heterocycles. The number of hydrogen-bond donors (Lipinski definition) is 1. The van der Waals surface area contributed by atoms with Gasteiger partial charge in [0.15, 0.2) is 11.6 Å². The third kappa shape index (κ3) is 2.65. The molecule has 0 aliphatic heterocycles. The van der Waals surface area contributed by atoms with E-state index in [4.69, 9.17) is 5.73 Å². The summed E-state index contributed by atoms with van der Waals surface area (Å²) in [7, 11) is 3.37. The van der Waals surface area contributed by atoms with Crippen LogP contribution in [0.25, 0.3) is 0 Å². The highest BCUT2D eigenvalue weighted by Gasteiger charge is 2.15. The summed E-state index contributed by atoms with van der Waals surface area (Å²) < 4.78 is 26.5. The van der Waals surface area contributed by atoms with E-state index in [1.54, 1.807) is 25.1 Å². The molecule has 2 nitrogen and oxygen atoms in total. The van der Waals surface area contributed by atoms with E-state index in [9.17, 15) is 8.78 Å². The maximum atomic E-state index is 13.5. The van der Waals surface area contributed by atoms with Gasteiger partial charge in [-0.15, -0.1) is 0 Å². The molecule has 0 amide bonds. The molecule has 1 rings (SSSR count). The fraction of sp³-hybridized carbons (Fsp3) is 0.455. The van der Waals surface area contributed by atoms with Crippen LogP contribution in [0.15, 0.2) is 12.1 Å². The highest BCUT2D eigenvalue weighted by molar-refractivity contribution is 5.54. The molecule has 4 heteroatoms. The number of rotatable bonds is 3. The average Bonchev–Trinajstić information content (AvgIpc) is 2.10. The molecule has 0 bridgehead atoms. The molecule has 1 aromatic rings. The molecule has 84 valence electrons. The standard InChI is InChI=1S/C11H16F2N2/c1-7(14)6-8-4-5-9(12)10(13)11(8)15(2)3/h4-5,7H,6,14H2,1-3H3/t7-/m1/s1. The van der Waals surface area contributed by atoms with Crippen molar-refractivity contribution in [1.29, 1.82) is 0 Å².